The van der Waals surface area contributed by atoms with E-state index in [0.29, 0.717) is 13.1 Å². The highest BCUT2D eigenvalue weighted by Crippen LogP contribution is 2.18. The monoisotopic (exact) mass is 355 g/mol. The van der Waals surface area contributed by atoms with Crippen molar-refractivity contribution in [3.05, 3.63) is 35.8 Å². The van der Waals surface area contributed by atoms with Crippen molar-refractivity contribution in [2.24, 2.45) is 0 Å². The van der Waals surface area contributed by atoms with Gasteiger partial charge in [0.05, 0.1) is 25.2 Å². The molecule has 2 fully saturated rings. The van der Waals surface area contributed by atoms with Crippen LogP contribution < -0.4 is 0 Å². The molecule has 0 unspecified atom stereocenters. The van der Waals surface area contributed by atoms with E-state index < -0.39 is 6.04 Å². The van der Waals surface area contributed by atoms with Crippen molar-refractivity contribution in [2.75, 3.05) is 33.2 Å². The standard InChI is InChI=1S/C18H21N5O3/c1-12-4-3-5-22-13(9-19-17(12)22)8-15(24)21-6-7-23-14(10-21)18(26)20(2)11-16(23)25/h3-5,9,14H,6-8,10-11H2,1-2H3/t14-/m0/s1. The van der Waals surface area contributed by atoms with Crippen LogP contribution in [0.2, 0.25) is 0 Å². The van der Waals surface area contributed by atoms with Gasteiger partial charge in [-0.3, -0.25) is 14.4 Å². The molecule has 2 aromatic heterocycles. The minimum Gasteiger partial charge on any atom is -0.338 e. The highest BCUT2D eigenvalue weighted by atomic mass is 16.2. The number of likely N-dealkylation sites (N-methyl/N-ethyl adjacent to an activating group) is 1. The van der Waals surface area contributed by atoms with Crippen LogP contribution in [-0.4, -0.2) is 81.1 Å². The van der Waals surface area contributed by atoms with E-state index in [1.54, 1.807) is 23.0 Å². The second-order valence-electron chi connectivity index (χ2n) is 6.95. The van der Waals surface area contributed by atoms with Crippen molar-refractivity contribution >= 4 is 23.4 Å². The molecule has 0 aromatic carbocycles. The number of aryl methyl sites for hydroxylation is 1. The lowest BCUT2D eigenvalue weighted by molar-refractivity contribution is -0.160. The van der Waals surface area contributed by atoms with Crippen LogP contribution in [-0.2, 0) is 20.8 Å². The summed E-state index contributed by atoms with van der Waals surface area (Å²) >= 11 is 0. The highest BCUT2D eigenvalue weighted by molar-refractivity contribution is 5.95. The number of hydrogen-bond acceptors (Lipinski definition) is 4. The Labute approximate surface area is 151 Å². The van der Waals surface area contributed by atoms with E-state index in [1.165, 1.54) is 4.90 Å². The van der Waals surface area contributed by atoms with Crippen molar-refractivity contribution in [1.29, 1.82) is 0 Å². The number of amides is 3. The Morgan fingerprint density at radius 1 is 1.31 bits per heavy atom. The fraction of sp³-hybridized carbons (Fsp3) is 0.444. The molecule has 8 nitrogen and oxygen atoms in total. The maximum absolute atomic E-state index is 12.8. The van der Waals surface area contributed by atoms with Crippen LogP contribution >= 0.6 is 0 Å². The SMILES string of the molecule is Cc1cccn2c(CC(=O)N3CCN4C(=O)CN(C)C(=O)[C@@H]4C3)cnc12. The number of carbonyl (C=O) groups is 3. The largest absolute Gasteiger partial charge is 0.338 e. The third-order valence-electron chi connectivity index (χ3n) is 5.23. The van der Waals surface area contributed by atoms with Gasteiger partial charge in [0.2, 0.25) is 17.7 Å². The number of imidazole rings is 1. The second kappa shape index (κ2) is 6.12. The fourth-order valence-electron chi connectivity index (χ4n) is 3.75. The molecule has 26 heavy (non-hydrogen) atoms. The molecule has 2 saturated heterocycles. The maximum atomic E-state index is 12.8. The van der Waals surface area contributed by atoms with Gasteiger partial charge in [0.15, 0.2) is 0 Å². The number of piperazine rings is 2. The first-order valence-corrected chi connectivity index (χ1v) is 8.69. The molecular formula is C18H21N5O3. The van der Waals surface area contributed by atoms with Crippen LogP contribution in [0.15, 0.2) is 24.5 Å². The highest BCUT2D eigenvalue weighted by Gasteiger charge is 2.42. The zero-order chi connectivity index (χ0) is 18.4. The summed E-state index contributed by atoms with van der Waals surface area (Å²) in [7, 11) is 1.62. The summed E-state index contributed by atoms with van der Waals surface area (Å²) in [4.78, 5) is 46.4. The summed E-state index contributed by atoms with van der Waals surface area (Å²) in [6.07, 6.45) is 3.84. The molecule has 8 heteroatoms. The Morgan fingerprint density at radius 3 is 2.92 bits per heavy atom. The smallest absolute Gasteiger partial charge is 0.247 e. The van der Waals surface area contributed by atoms with E-state index in [4.69, 9.17) is 0 Å². The number of aromatic nitrogens is 2. The first kappa shape index (κ1) is 16.6. The quantitative estimate of drug-likeness (QED) is 0.741. The van der Waals surface area contributed by atoms with E-state index in [1.807, 2.05) is 29.7 Å². The van der Waals surface area contributed by atoms with Gasteiger partial charge in [0.25, 0.3) is 0 Å². The number of fused-ring (bicyclic) bond motifs is 2. The van der Waals surface area contributed by atoms with Gasteiger partial charge in [0, 0.05) is 32.5 Å². The van der Waals surface area contributed by atoms with E-state index in [-0.39, 0.29) is 37.2 Å². The van der Waals surface area contributed by atoms with Gasteiger partial charge in [-0.05, 0) is 18.6 Å². The lowest BCUT2D eigenvalue weighted by atomic mass is 10.1. The minimum absolute atomic E-state index is 0.0542. The van der Waals surface area contributed by atoms with E-state index in [0.717, 1.165) is 16.9 Å². The van der Waals surface area contributed by atoms with E-state index in [9.17, 15) is 14.4 Å². The number of rotatable bonds is 2. The van der Waals surface area contributed by atoms with Crippen LogP contribution in [0.1, 0.15) is 11.3 Å². The van der Waals surface area contributed by atoms with Gasteiger partial charge in [-0.2, -0.15) is 0 Å². The molecule has 2 aliphatic heterocycles. The predicted octanol–water partition coefficient (Wildman–Crippen LogP) is -0.303. The topological polar surface area (TPSA) is 78.2 Å². The van der Waals surface area contributed by atoms with Gasteiger partial charge >= 0.3 is 0 Å². The Balaban J connectivity index is 1.51. The van der Waals surface area contributed by atoms with Crippen LogP contribution in [0.5, 0.6) is 0 Å². The lowest BCUT2D eigenvalue weighted by Crippen LogP contribution is -2.66. The molecule has 0 saturated carbocycles. The van der Waals surface area contributed by atoms with Crippen molar-refractivity contribution in [1.82, 2.24) is 24.1 Å². The number of nitrogens with zero attached hydrogens (tertiary/aromatic N) is 5. The molecule has 1 atom stereocenters. The average Bonchev–Trinajstić information content (AvgIpc) is 3.03. The van der Waals surface area contributed by atoms with E-state index >= 15 is 0 Å². The molecule has 0 spiro atoms. The molecule has 0 bridgehead atoms. The molecule has 0 N–H and O–H groups in total. The molecule has 4 heterocycles. The molecule has 0 radical (unpaired) electrons. The van der Waals surface area contributed by atoms with Crippen LogP contribution in [0.25, 0.3) is 5.65 Å². The zero-order valence-corrected chi connectivity index (χ0v) is 14.9. The first-order valence-electron chi connectivity index (χ1n) is 8.69. The van der Waals surface area contributed by atoms with Crippen molar-refractivity contribution in [2.45, 2.75) is 19.4 Å². The molecular weight excluding hydrogens is 334 g/mol. The Bertz CT molecular complexity index is 905. The average molecular weight is 355 g/mol. The number of carbonyl (C=O) groups excluding carboxylic acids is 3. The third kappa shape index (κ3) is 2.61. The Hall–Kier alpha value is -2.90. The summed E-state index contributed by atoms with van der Waals surface area (Å²) in [6, 6.07) is 3.34. The number of pyridine rings is 1. The normalized spacial score (nSPS) is 20.7. The lowest BCUT2D eigenvalue weighted by Gasteiger charge is -2.45. The van der Waals surface area contributed by atoms with Gasteiger partial charge < -0.3 is 19.1 Å². The van der Waals surface area contributed by atoms with Crippen LogP contribution in [0.3, 0.4) is 0 Å². The van der Waals surface area contributed by atoms with E-state index in [2.05, 4.69) is 4.98 Å². The van der Waals surface area contributed by atoms with Crippen molar-refractivity contribution in [3.63, 3.8) is 0 Å². The molecule has 2 aliphatic rings. The summed E-state index contributed by atoms with van der Waals surface area (Å²) in [6.45, 7) is 3.21. The predicted molar refractivity (Wildman–Crippen MR) is 93.4 cm³/mol. The maximum Gasteiger partial charge on any atom is 0.247 e. The number of hydrogen-bond donors (Lipinski definition) is 0. The molecule has 136 valence electrons. The zero-order valence-electron chi connectivity index (χ0n) is 14.9. The summed E-state index contributed by atoms with van der Waals surface area (Å²) < 4.78 is 1.92. The summed E-state index contributed by atoms with van der Waals surface area (Å²) in [5.41, 5.74) is 2.71. The second-order valence-corrected chi connectivity index (χ2v) is 6.95. The van der Waals surface area contributed by atoms with Crippen LogP contribution in [0, 0.1) is 6.92 Å². The third-order valence-corrected chi connectivity index (χ3v) is 5.23. The van der Waals surface area contributed by atoms with Gasteiger partial charge in [-0.25, -0.2) is 4.98 Å². The fourth-order valence-corrected chi connectivity index (χ4v) is 3.75. The molecule has 2 aromatic rings. The summed E-state index contributed by atoms with van der Waals surface area (Å²) in [5.74, 6) is -0.213. The molecule has 3 amide bonds. The van der Waals surface area contributed by atoms with Crippen molar-refractivity contribution in [3.8, 4) is 0 Å². The van der Waals surface area contributed by atoms with Gasteiger partial charge in [0.1, 0.15) is 11.7 Å². The first-order chi connectivity index (χ1) is 12.5. The Kier molecular flexibility index (Phi) is 3.90. The van der Waals surface area contributed by atoms with Crippen molar-refractivity contribution < 1.29 is 14.4 Å². The minimum atomic E-state index is -0.566. The van der Waals surface area contributed by atoms with Gasteiger partial charge in [-0.1, -0.05) is 6.07 Å². The molecule has 4 rings (SSSR count). The van der Waals surface area contributed by atoms with Crippen LogP contribution in [0.4, 0.5) is 0 Å². The van der Waals surface area contributed by atoms with Gasteiger partial charge in [-0.15, -0.1) is 0 Å². The Morgan fingerprint density at radius 2 is 2.12 bits per heavy atom. The molecule has 0 aliphatic carbocycles. The summed E-state index contributed by atoms with van der Waals surface area (Å²) in [5, 5.41) is 0.